The predicted molar refractivity (Wildman–Crippen MR) is 94.7 cm³/mol. The van der Waals surface area contributed by atoms with Crippen molar-refractivity contribution in [2.75, 3.05) is 0 Å². The van der Waals surface area contributed by atoms with Crippen molar-refractivity contribution in [2.45, 2.75) is 31.7 Å². The first-order valence-corrected chi connectivity index (χ1v) is 8.96. The van der Waals surface area contributed by atoms with E-state index in [1.54, 1.807) is 11.3 Å². The lowest BCUT2D eigenvalue weighted by Gasteiger charge is -2.14. The number of amides is 1. The SMILES string of the molecule is O=C(CCCc1ccc(Br)s1)NC(Cc1ccccc1)C(=O)O. The summed E-state index contributed by atoms with van der Waals surface area (Å²) in [5, 5.41) is 11.9. The van der Waals surface area contributed by atoms with Gasteiger partial charge in [0.15, 0.2) is 0 Å². The molecule has 1 amide bonds. The Morgan fingerprint density at radius 3 is 2.52 bits per heavy atom. The molecule has 1 heterocycles. The van der Waals surface area contributed by atoms with Crippen molar-refractivity contribution in [2.24, 2.45) is 0 Å². The van der Waals surface area contributed by atoms with Crippen LogP contribution in [-0.4, -0.2) is 23.0 Å². The zero-order valence-corrected chi connectivity index (χ0v) is 14.9. The summed E-state index contributed by atoms with van der Waals surface area (Å²) in [5.41, 5.74) is 0.892. The molecule has 0 bridgehead atoms. The Hall–Kier alpha value is -1.66. The summed E-state index contributed by atoms with van der Waals surface area (Å²) in [6.07, 6.45) is 2.14. The highest BCUT2D eigenvalue weighted by Gasteiger charge is 2.20. The topological polar surface area (TPSA) is 66.4 Å². The zero-order chi connectivity index (χ0) is 16.7. The smallest absolute Gasteiger partial charge is 0.326 e. The number of hydrogen-bond donors (Lipinski definition) is 2. The van der Waals surface area contributed by atoms with Gasteiger partial charge in [-0.05, 0) is 46.5 Å². The van der Waals surface area contributed by atoms with Crippen molar-refractivity contribution >= 4 is 39.1 Å². The molecule has 6 heteroatoms. The maximum absolute atomic E-state index is 12.0. The van der Waals surface area contributed by atoms with Gasteiger partial charge in [0.2, 0.25) is 5.91 Å². The van der Waals surface area contributed by atoms with Gasteiger partial charge in [0.05, 0.1) is 3.79 Å². The molecule has 2 aromatic rings. The maximum Gasteiger partial charge on any atom is 0.326 e. The van der Waals surface area contributed by atoms with Crippen LogP contribution in [-0.2, 0) is 22.4 Å². The number of carboxylic acids is 1. The van der Waals surface area contributed by atoms with E-state index in [0.717, 1.165) is 15.8 Å². The van der Waals surface area contributed by atoms with E-state index in [4.69, 9.17) is 0 Å². The first-order chi connectivity index (χ1) is 11.0. The molecule has 23 heavy (non-hydrogen) atoms. The van der Waals surface area contributed by atoms with E-state index in [0.29, 0.717) is 19.3 Å². The van der Waals surface area contributed by atoms with Crippen molar-refractivity contribution < 1.29 is 14.7 Å². The van der Waals surface area contributed by atoms with Crippen LogP contribution in [0.2, 0.25) is 0 Å². The monoisotopic (exact) mass is 395 g/mol. The van der Waals surface area contributed by atoms with E-state index in [-0.39, 0.29) is 5.91 Å². The molecule has 1 unspecified atom stereocenters. The molecule has 1 atom stereocenters. The van der Waals surface area contributed by atoms with E-state index in [1.165, 1.54) is 4.88 Å². The first kappa shape index (κ1) is 17.7. The molecule has 0 radical (unpaired) electrons. The fourth-order valence-corrected chi connectivity index (χ4v) is 3.75. The molecule has 1 aromatic carbocycles. The summed E-state index contributed by atoms with van der Waals surface area (Å²) in [6.45, 7) is 0. The molecule has 2 N–H and O–H groups in total. The highest BCUT2D eigenvalue weighted by molar-refractivity contribution is 9.11. The lowest BCUT2D eigenvalue weighted by molar-refractivity contribution is -0.141. The second kappa shape index (κ2) is 8.84. The van der Waals surface area contributed by atoms with Crippen LogP contribution in [0, 0.1) is 0 Å². The zero-order valence-electron chi connectivity index (χ0n) is 12.5. The van der Waals surface area contributed by atoms with Crippen molar-refractivity contribution in [3.8, 4) is 0 Å². The fourth-order valence-electron chi connectivity index (χ4n) is 2.23. The summed E-state index contributed by atoms with van der Waals surface area (Å²) in [5.74, 6) is -1.23. The number of thiophene rings is 1. The average Bonchev–Trinajstić information content (AvgIpc) is 2.93. The van der Waals surface area contributed by atoms with Gasteiger partial charge in [-0.15, -0.1) is 11.3 Å². The molecule has 4 nitrogen and oxygen atoms in total. The number of carboxylic acid groups (broad SMARTS) is 1. The number of aliphatic carboxylic acids is 1. The summed E-state index contributed by atoms with van der Waals surface area (Å²) >= 11 is 5.06. The standard InChI is InChI=1S/C17H18BrNO3S/c18-15-10-9-13(23-15)7-4-8-16(20)19-14(17(21)22)11-12-5-2-1-3-6-12/h1-3,5-6,9-10,14H,4,7-8,11H2,(H,19,20)(H,21,22). The van der Waals surface area contributed by atoms with Crippen LogP contribution >= 0.6 is 27.3 Å². The van der Waals surface area contributed by atoms with Crippen molar-refractivity contribution in [3.63, 3.8) is 0 Å². The Labute approximate surface area is 147 Å². The van der Waals surface area contributed by atoms with Gasteiger partial charge in [-0.1, -0.05) is 30.3 Å². The third kappa shape index (κ3) is 6.15. The number of carbonyl (C=O) groups excluding carboxylic acids is 1. The van der Waals surface area contributed by atoms with E-state index in [1.807, 2.05) is 42.5 Å². The number of aryl methyl sites for hydroxylation is 1. The normalized spacial score (nSPS) is 11.9. The minimum atomic E-state index is -1.01. The van der Waals surface area contributed by atoms with E-state index < -0.39 is 12.0 Å². The van der Waals surface area contributed by atoms with Crippen molar-refractivity contribution in [1.29, 1.82) is 0 Å². The summed E-state index contributed by atoms with van der Waals surface area (Å²) in [7, 11) is 0. The van der Waals surface area contributed by atoms with Crippen molar-refractivity contribution in [1.82, 2.24) is 5.32 Å². The Bertz CT molecular complexity index is 657. The molecule has 2 rings (SSSR count). The maximum atomic E-state index is 12.0. The molecule has 0 saturated heterocycles. The van der Waals surface area contributed by atoms with Gasteiger partial charge in [0, 0.05) is 17.7 Å². The Morgan fingerprint density at radius 1 is 1.17 bits per heavy atom. The number of benzene rings is 1. The average molecular weight is 396 g/mol. The van der Waals surface area contributed by atoms with Crippen LogP contribution in [0.5, 0.6) is 0 Å². The minimum absolute atomic E-state index is 0.219. The van der Waals surface area contributed by atoms with Gasteiger partial charge in [-0.3, -0.25) is 4.79 Å². The van der Waals surface area contributed by atoms with Gasteiger partial charge in [0.1, 0.15) is 6.04 Å². The van der Waals surface area contributed by atoms with Gasteiger partial charge < -0.3 is 10.4 Å². The summed E-state index contributed by atoms with van der Waals surface area (Å²) in [4.78, 5) is 24.5. The lowest BCUT2D eigenvalue weighted by Crippen LogP contribution is -2.42. The highest BCUT2D eigenvalue weighted by atomic mass is 79.9. The second-order valence-corrected chi connectivity index (χ2v) is 7.75. The Kier molecular flexibility index (Phi) is 6.80. The molecule has 0 fully saturated rings. The summed E-state index contributed by atoms with van der Waals surface area (Å²) in [6, 6.07) is 12.4. The molecule has 0 aliphatic heterocycles. The van der Waals surface area contributed by atoms with Gasteiger partial charge in [-0.2, -0.15) is 0 Å². The fraction of sp³-hybridized carbons (Fsp3) is 0.294. The van der Waals surface area contributed by atoms with Crippen LogP contribution in [0.4, 0.5) is 0 Å². The highest BCUT2D eigenvalue weighted by Crippen LogP contribution is 2.23. The largest absolute Gasteiger partial charge is 0.480 e. The van der Waals surface area contributed by atoms with Crippen LogP contribution in [0.25, 0.3) is 0 Å². The molecule has 0 spiro atoms. The van der Waals surface area contributed by atoms with E-state index in [9.17, 15) is 14.7 Å². The third-order valence-electron chi connectivity index (χ3n) is 3.37. The van der Waals surface area contributed by atoms with Gasteiger partial charge in [0.25, 0.3) is 0 Å². The van der Waals surface area contributed by atoms with Crippen LogP contribution < -0.4 is 5.32 Å². The van der Waals surface area contributed by atoms with Crippen molar-refractivity contribution in [3.05, 3.63) is 56.7 Å². The molecular weight excluding hydrogens is 378 g/mol. The molecule has 1 aromatic heterocycles. The first-order valence-electron chi connectivity index (χ1n) is 7.35. The summed E-state index contributed by atoms with van der Waals surface area (Å²) < 4.78 is 1.07. The number of nitrogens with one attached hydrogen (secondary N) is 1. The molecule has 0 saturated carbocycles. The van der Waals surface area contributed by atoms with Gasteiger partial charge in [-0.25, -0.2) is 4.79 Å². The van der Waals surface area contributed by atoms with E-state index >= 15 is 0 Å². The minimum Gasteiger partial charge on any atom is -0.480 e. The van der Waals surface area contributed by atoms with Crippen LogP contribution in [0.3, 0.4) is 0 Å². The molecule has 0 aliphatic rings. The number of carbonyl (C=O) groups is 2. The van der Waals surface area contributed by atoms with Gasteiger partial charge >= 0.3 is 5.97 Å². The molecule has 0 aliphatic carbocycles. The van der Waals surface area contributed by atoms with E-state index in [2.05, 4.69) is 21.2 Å². The van der Waals surface area contributed by atoms with Crippen LogP contribution in [0.15, 0.2) is 46.3 Å². The lowest BCUT2D eigenvalue weighted by atomic mass is 10.1. The third-order valence-corrected chi connectivity index (χ3v) is 5.06. The molecule has 122 valence electrons. The predicted octanol–water partition coefficient (Wildman–Crippen LogP) is 3.65. The number of rotatable bonds is 8. The molecular formula is C17H18BrNO3S. The Balaban J connectivity index is 1.79. The second-order valence-electron chi connectivity index (χ2n) is 5.21. The van der Waals surface area contributed by atoms with Crippen LogP contribution in [0.1, 0.15) is 23.3 Å². The number of halogens is 1. The quantitative estimate of drug-likeness (QED) is 0.716. The Morgan fingerprint density at radius 2 is 1.91 bits per heavy atom. The number of hydrogen-bond acceptors (Lipinski definition) is 3.